The maximum absolute atomic E-state index is 11.8. The van der Waals surface area contributed by atoms with Gasteiger partial charge in [-0.25, -0.2) is 4.68 Å². The Kier molecular flexibility index (Phi) is 5.39. The lowest BCUT2D eigenvalue weighted by molar-refractivity contribution is 0.120. The first-order chi connectivity index (χ1) is 9.29. The summed E-state index contributed by atoms with van der Waals surface area (Å²) in [4.78, 5) is 11.8. The quantitative estimate of drug-likeness (QED) is 0.693. The molecule has 1 heterocycles. The van der Waals surface area contributed by atoms with Crippen LogP contribution >= 0.6 is 0 Å². The van der Waals surface area contributed by atoms with Crippen LogP contribution in [0.5, 0.6) is 0 Å². The number of hydrogen-bond donors (Lipinski definition) is 1. The summed E-state index contributed by atoms with van der Waals surface area (Å²) in [6.45, 7) is 4.90. The van der Waals surface area contributed by atoms with Crippen molar-refractivity contribution in [3.63, 3.8) is 0 Å². The molecule has 0 amide bonds. The third kappa shape index (κ3) is 5.03. The molecule has 1 N–H and O–H groups in total. The van der Waals surface area contributed by atoms with Crippen LogP contribution in [0, 0.1) is 5.92 Å². The highest BCUT2D eigenvalue weighted by molar-refractivity contribution is 5.38. The summed E-state index contributed by atoms with van der Waals surface area (Å²) < 4.78 is 6.89. The zero-order chi connectivity index (χ0) is 13.5. The fourth-order valence-electron chi connectivity index (χ4n) is 1.78. The molecular formula is C14H23N3O2. The maximum Gasteiger partial charge on any atom is 0.268 e. The van der Waals surface area contributed by atoms with Crippen LogP contribution < -0.4 is 10.9 Å². The highest BCUT2D eigenvalue weighted by Crippen LogP contribution is 2.28. The van der Waals surface area contributed by atoms with Gasteiger partial charge in [0.1, 0.15) is 0 Å². The molecule has 0 radical (unpaired) electrons. The van der Waals surface area contributed by atoms with Gasteiger partial charge in [0.15, 0.2) is 0 Å². The van der Waals surface area contributed by atoms with Gasteiger partial charge in [0.25, 0.3) is 5.56 Å². The average molecular weight is 265 g/mol. The fraction of sp³-hybridized carbons (Fsp3) is 0.714. The van der Waals surface area contributed by atoms with Gasteiger partial charge in [-0.3, -0.25) is 4.79 Å². The summed E-state index contributed by atoms with van der Waals surface area (Å²) in [6.07, 6.45) is 6.50. The standard InChI is InChI=1S/C14H23N3O2/c1-2-3-7-19-8-6-17-14(18)9-13(11-16-17)15-10-12-4-5-12/h9,11-12,15H,2-8,10H2,1H3. The Morgan fingerprint density at radius 1 is 1.47 bits per heavy atom. The molecule has 0 atom stereocenters. The van der Waals surface area contributed by atoms with Crippen LogP contribution in [0.3, 0.4) is 0 Å². The Balaban J connectivity index is 1.75. The average Bonchev–Trinajstić information content (AvgIpc) is 3.22. The second kappa shape index (κ2) is 7.28. The van der Waals surface area contributed by atoms with Crippen molar-refractivity contribution in [3.8, 4) is 0 Å². The van der Waals surface area contributed by atoms with E-state index in [4.69, 9.17) is 4.74 Å². The molecule has 1 fully saturated rings. The predicted octanol–water partition coefficient (Wildman–Crippen LogP) is 1.88. The van der Waals surface area contributed by atoms with E-state index in [2.05, 4.69) is 17.3 Å². The first-order valence-corrected chi connectivity index (χ1v) is 7.18. The molecule has 0 saturated heterocycles. The monoisotopic (exact) mass is 265 g/mol. The van der Waals surface area contributed by atoms with E-state index < -0.39 is 0 Å². The van der Waals surface area contributed by atoms with Gasteiger partial charge in [-0.15, -0.1) is 0 Å². The number of anilines is 1. The molecule has 1 aromatic rings. The van der Waals surface area contributed by atoms with Gasteiger partial charge in [-0.05, 0) is 25.2 Å². The Morgan fingerprint density at radius 2 is 2.32 bits per heavy atom. The molecule has 106 valence electrons. The lowest BCUT2D eigenvalue weighted by atomic mass is 10.4. The van der Waals surface area contributed by atoms with Gasteiger partial charge in [0.05, 0.1) is 25.0 Å². The van der Waals surface area contributed by atoms with Gasteiger partial charge in [0, 0.05) is 19.2 Å². The predicted molar refractivity (Wildman–Crippen MR) is 75.4 cm³/mol. The van der Waals surface area contributed by atoms with E-state index in [1.54, 1.807) is 12.3 Å². The van der Waals surface area contributed by atoms with Crippen molar-refractivity contribution < 1.29 is 4.74 Å². The molecule has 2 rings (SSSR count). The van der Waals surface area contributed by atoms with Crippen molar-refractivity contribution in [1.29, 1.82) is 0 Å². The number of nitrogens with zero attached hydrogens (tertiary/aromatic N) is 2. The number of aromatic nitrogens is 2. The van der Waals surface area contributed by atoms with Crippen LogP contribution in [-0.4, -0.2) is 29.5 Å². The Hall–Kier alpha value is -1.36. The van der Waals surface area contributed by atoms with Crippen LogP contribution in [0.2, 0.25) is 0 Å². The maximum atomic E-state index is 11.8. The van der Waals surface area contributed by atoms with Gasteiger partial charge in [0.2, 0.25) is 0 Å². The topological polar surface area (TPSA) is 56.1 Å². The van der Waals surface area contributed by atoms with Crippen LogP contribution in [0.4, 0.5) is 5.69 Å². The molecule has 0 unspecified atom stereocenters. The van der Waals surface area contributed by atoms with E-state index in [-0.39, 0.29) is 5.56 Å². The third-order valence-corrected chi connectivity index (χ3v) is 3.25. The number of rotatable bonds is 9. The summed E-state index contributed by atoms with van der Waals surface area (Å²) in [6, 6.07) is 1.61. The van der Waals surface area contributed by atoms with E-state index in [0.717, 1.165) is 37.6 Å². The van der Waals surface area contributed by atoms with Crippen molar-refractivity contribution in [2.24, 2.45) is 5.92 Å². The molecule has 5 heteroatoms. The molecule has 5 nitrogen and oxygen atoms in total. The first-order valence-electron chi connectivity index (χ1n) is 7.18. The van der Waals surface area contributed by atoms with Gasteiger partial charge >= 0.3 is 0 Å². The van der Waals surface area contributed by atoms with Crippen molar-refractivity contribution in [1.82, 2.24) is 9.78 Å². The summed E-state index contributed by atoms with van der Waals surface area (Å²) in [5.41, 5.74) is 0.750. The summed E-state index contributed by atoms with van der Waals surface area (Å²) in [5.74, 6) is 0.786. The minimum absolute atomic E-state index is 0.0695. The molecule has 1 aromatic heterocycles. The molecule has 19 heavy (non-hydrogen) atoms. The molecule has 1 aliphatic carbocycles. The van der Waals surface area contributed by atoms with E-state index in [1.165, 1.54) is 17.5 Å². The van der Waals surface area contributed by atoms with E-state index in [9.17, 15) is 4.79 Å². The van der Waals surface area contributed by atoms with Crippen LogP contribution in [0.25, 0.3) is 0 Å². The molecule has 1 saturated carbocycles. The highest BCUT2D eigenvalue weighted by atomic mass is 16.5. The van der Waals surface area contributed by atoms with Gasteiger partial charge in [-0.1, -0.05) is 13.3 Å². The SMILES string of the molecule is CCCCOCCn1ncc(NCC2CC2)cc1=O. The van der Waals surface area contributed by atoms with E-state index >= 15 is 0 Å². The van der Waals surface area contributed by atoms with Crippen LogP contribution in [0.15, 0.2) is 17.1 Å². The van der Waals surface area contributed by atoms with Gasteiger partial charge in [-0.2, -0.15) is 5.10 Å². The summed E-state index contributed by atoms with van der Waals surface area (Å²) in [7, 11) is 0. The molecular weight excluding hydrogens is 242 g/mol. The lowest BCUT2D eigenvalue weighted by Gasteiger charge is -2.08. The Labute approximate surface area is 114 Å². The second-order valence-corrected chi connectivity index (χ2v) is 5.10. The summed E-state index contributed by atoms with van der Waals surface area (Å²) >= 11 is 0. The smallest absolute Gasteiger partial charge is 0.268 e. The number of nitrogens with one attached hydrogen (secondary N) is 1. The van der Waals surface area contributed by atoms with Crippen molar-refractivity contribution >= 4 is 5.69 Å². The largest absolute Gasteiger partial charge is 0.383 e. The zero-order valence-corrected chi connectivity index (χ0v) is 11.6. The minimum Gasteiger partial charge on any atom is -0.383 e. The highest BCUT2D eigenvalue weighted by Gasteiger charge is 2.20. The minimum atomic E-state index is -0.0695. The van der Waals surface area contributed by atoms with E-state index in [0.29, 0.717) is 13.2 Å². The number of hydrogen-bond acceptors (Lipinski definition) is 4. The van der Waals surface area contributed by atoms with Crippen LogP contribution in [-0.2, 0) is 11.3 Å². The van der Waals surface area contributed by atoms with Crippen molar-refractivity contribution in [2.45, 2.75) is 39.2 Å². The van der Waals surface area contributed by atoms with Crippen LogP contribution in [0.1, 0.15) is 32.6 Å². The van der Waals surface area contributed by atoms with Crippen molar-refractivity contribution in [3.05, 3.63) is 22.6 Å². The fourth-order valence-corrected chi connectivity index (χ4v) is 1.78. The third-order valence-electron chi connectivity index (χ3n) is 3.25. The molecule has 0 spiro atoms. The zero-order valence-electron chi connectivity index (χ0n) is 11.6. The Bertz CT molecular complexity index is 441. The molecule has 0 bridgehead atoms. The summed E-state index contributed by atoms with van der Waals surface area (Å²) in [5, 5.41) is 7.41. The molecule has 1 aliphatic rings. The Morgan fingerprint density at radius 3 is 3.00 bits per heavy atom. The lowest BCUT2D eigenvalue weighted by Crippen LogP contribution is -2.25. The molecule has 0 aromatic carbocycles. The number of unbranched alkanes of at least 4 members (excludes halogenated alkanes) is 1. The normalized spacial score (nSPS) is 14.6. The van der Waals surface area contributed by atoms with Gasteiger partial charge < -0.3 is 10.1 Å². The van der Waals surface area contributed by atoms with E-state index in [1.807, 2.05) is 0 Å². The second-order valence-electron chi connectivity index (χ2n) is 5.10. The molecule has 0 aliphatic heterocycles. The number of ether oxygens (including phenoxy) is 1. The first kappa shape index (κ1) is 14.1. The van der Waals surface area contributed by atoms with Crippen molar-refractivity contribution in [2.75, 3.05) is 25.1 Å².